The topological polar surface area (TPSA) is 112 Å². The van der Waals surface area contributed by atoms with Gasteiger partial charge in [-0.1, -0.05) is 30.8 Å². The molecule has 8 heteroatoms. The van der Waals surface area contributed by atoms with Crippen molar-refractivity contribution in [3.8, 4) is 5.82 Å². The first-order valence-corrected chi connectivity index (χ1v) is 8.99. The highest BCUT2D eigenvalue weighted by Gasteiger charge is 2.18. The Kier molecular flexibility index (Phi) is 4.74. The molecule has 4 aromatic rings. The number of hydrogen-bond acceptors (Lipinski definition) is 6. The standard InChI is InChI=1S/C21H19N7O/c1-3-16-20(28-12-13(2)10-25-28)27-19(22)18(26-16)21(29)24-11-15-7-4-6-14-8-5-9-23-17(14)15/h3-10,12H,1,11H2,2H3,(H2,22,27)(H,24,29). The number of carbonyl (C=O) groups is 1. The molecule has 8 nitrogen and oxygen atoms in total. The smallest absolute Gasteiger partial charge is 0.274 e. The van der Waals surface area contributed by atoms with E-state index < -0.39 is 5.91 Å². The van der Waals surface area contributed by atoms with Gasteiger partial charge in [-0.3, -0.25) is 9.78 Å². The second kappa shape index (κ2) is 7.51. The van der Waals surface area contributed by atoms with Gasteiger partial charge in [-0.05, 0) is 30.2 Å². The average molecular weight is 385 g/mol. The summed E-state index contributed by atoms with van der Waals surface area (Å²) in [4.78, 5) is 25.8. The number of pyridine rings is 1. The number of aryl methyl sites for hydroxylation is 1. The SMILES string of the molecule is C=Cc1nc(C(=O)NCc2cccc3cccnc23)c(N)nc1-n1cc(C)cn1. The molecule has 0 saturated heterocycles. The van der Waals surface area contributed by atoms with Crippen LogP contribution in [0.3, 0.4) is 0 Å². The Morgan fingerprint density at radius 1 is 1.28 bits per heavy atom. The molecule has 0 bridgehead atoms. The Balaban J connectivity index is 1.61. The third kappa shape index (κ3) is 3.55. The van der Waals surface area contributed by atoms with E-state index in [0.717, 1.165) is 22.0 Å². The summed E-state index contributed by atoms with van der Waals surface area (Å²) in [5.41, 5.74) is 9.19. The van der Waals surface area contributed by atoms with Crippen LogP contribution < -0.4 is 11.1 Å². The van der Waals surface area contributed by atoms with Crippen molar-refractivity contribution >= 4 is 28.7 Å². The molecular weight excluding hydrogens is 366 g/mol. The molecule has 4 rings (SSSR count). The average Bonchev–Trinajstić information content (AvgIpc) is 3.18. The van der Waals surface area contributed by atoms with Crippen molar-refractivity contribution in [2.24, 2.45) is 0 Å². The van der Waals surface area contributed by atoms with Gasteiger partial charge in [0.25, 0.3) is 5.91 Å². The first kappa shape index (κ1) is 18.3. The van der Waals surface area contributed by atoms with E-state index in [0.29, 0.717) is 11.5 Å². The van der Waals surface area contributed by atoms with Gasteiger partial charge in [0, 0.05) is 24.3 Å². The molecule has 0 saturated carbocycles. The van der Waals surface area contributed by atoms with E-state index in [1.165, 1.54) is 6.08 Å². The monoisotopic (exact) mass is 385 g/mol. The lowest BCUT2D eigenvalue weighted by Crippen LogP contribution is -2.26. The predicted molar refractivity (Wildman–Crippen MR) is 111 cm³/mol. The largest absolute Gasteiger partial charge is 0.382 e. The highest BCUT2D eigenvalue weighted by atomic mass is 16.1. The summed E-state index contributed by atoms with van der Waals surface area (Å²) >= 11 is 0. The Labute approximate surface area is 167 Å². The van der Waals surface area contributed by atoms with Crippen molar-refractivity contribution < 1.29 is 4.79 Å². The van der Waals surface area contributed by atoms with Crippen LogP contribution in [0.25, 0.3) is 22.8 Å². The highest BCUT2D eigenvalue weighted by molar-refractivity contribution is 5.97. The molecule has 0 aliphatic heterocycles. The van der Waals surface area contributed by atoms with E-state index in [1.807, 2.05) is 37.3 Å². The Morgan fingerprint density at radius 3 is 2.86 bits per heavy atom. The number of nitrogens with one attached hydrogen (secondary N) is 1. The normalized spacial score (nSPS) is 10.8. The fourth-order valence-electron chi connectivity index (χ4n) is 3.02. The summed E-state index contributed by atoms with van der Waals surface area (Å²) in [7, 11) is 0. The van der Waals surface area contributed by atoms with E-state index in [-0.39, 0.29) is 18.1 Å². The first-order valence-electron chi connectivity index (χ1n) is 8.99. The Hall–Kier alpha value is -4.07. The highest BCUT2D eigenvalue weighted by Crippen LogP contribution is 2.18. The lowest BCUT2D eigenvalue weighted by atomic mass is 10.1. The van der Waals surface area contributed by atoms with E-state index in [4.69, 9.17) is 5.73 Å². The van der Waals surface area contributed by atoms with Gasteiger partial charge in [-0.15, -0.1) is 0 Å². The molecule has 3 heterocycles. The number of nitrogen functional groups attached to an aromatic ring is 1. The van der Waals surface area contributed by atoms with Gasteiger partial charge in [-0.25, -0.2) is 14.6 Å². The fourth-order valence-corrected chi connectivity index (χ4v) is 3.02. The lowest BCUT2D eigenvalue weighted by Gasteiger charge is -2.11. The minimum atomic E-state index is -0.422. The van der Waals surface area contributed by atoms with Gasteiger partial charge in [-0.2, -0.15) is 5.10 Å². The third-order valence-electron chi connectivity index (χ3n) is 4.42. The van der Waals surface area contributed by atoms with Crippen LogP contribution >= 0.6 is 0 Å². The number of rotatable bonds is 5. The van der Waals surface area contributed by atoms with Gasteiger partial charge in [0.15, 0.2) is 17.3 Å². The number of benzene rings is 1. The van der Waals surface area contributed by atoms with E-state index in [2.05, 4.69) is 31.9 Å². The van der Waals surface area contributed by atoms with Crippen LogP contribution in [0, 0.1) is 6.92 Å². The molecule has 0 aliphatic carbocycles. The number of para-hydroxylation sites is 1. The molecule has 144 valence electrons. The summed E-state index contributed by atoms with van der Waals surface area (Å²) in [6.45, 7) is 5.96. The number of carbonyl (C=O) groups excluding carboxylic acids is 1. The van der Waals surface area contributed by atoms with Crippen LogP contribution in [0.2, 0.25) is 0 Å². The van der Waals surface area contributed by atoms with Crippen molar-refractivity contribution in [3.63, 3.8) is 0 Å². The molecule has 0 spiro atoms. The molecule has 0 fully saturated rings. The number of nitrogens with two attached hydrogens (primary N) is 1. The van der Waals surface area contributed by atoms with Crippen molar-refractivity contribution in [3.05, 3.63) is 78.0 Å². The van der Waals surface area contributed by atoms with Crippen LogP contribution in [0.4, 0.5) is 5.82 Å². The molecular formula is C21H19N7O. The van der Waals surface area contributed by atoms with Crippen LogP contribution in [-0.2, 0) is 6.54 Å². The number of amides is 1. The zero-order chi connectivity index (χ0) is 20.4. The zero-order valence-electron chi connectivity index (χ0n) is 15.8. The second-order valence-corrected chi connectivity index (χ2v) is 6.51. The van der Waals surface area contributed by atoms with E-state index in [1.54, 1.807) is 23.3 Å². The lowest BCUT2D eigenvalue weighted by molar-refractivity contribution is 0.0946. The van der Waals surface area contributed by atoms with E-state index >= 15 is 0 Å². The van der Waals surface area contributed by atoms with Crippen LogP contribution in [0.1, 0.15) is 27.3 Å². The molecule has 3 aromatic heterocycles. The van der Waals surface area contributed by atoms with E-state index in [9.17, 15) is 4.79 Å². The maximum Gasteiger partial charge on any atom is 0.274 e. The van der Waals surface area contributed by atoms with Crippen molar-refractivity contribution in [1.82, 2.24) is 30.0 Å². The summed E-state index contributed by atoms with van der Waals surface area (Å²) in [6, 6.07) is 9.67. The number of anilines is 1. The zero-order valence-corrected chi connectivity index (χ0v) is 15.8. The molecule has 1 amide bonds. The van der Waals surface area contributed by atoms with Crippen molar-refractivity contribution in [1.29, 1.82) is 0 Å². The van der Waals surface area contributed by atoms with Gasteiger partial charge in [0.05, 0.1) is 11.7 Å². The minimum absolute atomic E-state index is 0.0206. The molecule has 29 heavy (non-hydrogen) atoms. The summed E-state index contributed by atoms with van der Waals surface area (Å²) < 4.78 is 1.55. The number of hydrogen-bond donors (Lipinski definition) is 2. The fraction of sp³-hybridized carbons (Fsp3) is 0.0952. The minimum Gasteiger partial charge on any atom is -0.382 e. The quantitative estimate of drug-likeness (QED) is 0.546. The van der Waals surface area contributed by atoms with Crippen LogP contribution in [0.15, 0.2) is 55.5 Å². The van der Waals surface area contributed by atoms with Crippen molar-refractivity contribution in [2.75, 3.05) is 5.73 Å². The number of fused-ring (bicyclic) bond motifs is 1. The maximum absolute atomic E-state index is 12.7. The molecule has 3 N–H and O–H groups in total. The molecule has 0 radical (unpaired) electrons. The third-order valence-corrected chi connectivity index (χ3v) is 4.42. The molecule has 0 unspecified atom stereocenters. The van der Waals surface area contributed by atoms with Gasteiger partial charge < -0.3 is 11.1 Å². The van der Waals surface area contributed by atoms with Crippen molar-refractivity contribution in [2.45, 2.75) is 13.5 Å². The molecule has 0 atom stereocenters. The van der Waals surface area contributed by atoms with Crippen LogP contribution in [-0.4, -0.2) is 30.6 Å². The number of aromatic nitrogens is 5. The second-order valence-electron chi connectivity index (χ2n) is 6.51. The van der Waals surface area contributed by atoms with Gasteiger partial charge in [0.1, 0.15) is 5.69 Å². The Bertz CT molecular complexity index is 1220. The van der Waals surface area contributed by atoms with Gasteiger partial charge >= 0.3 is 0 Å². The Morgan fingerprint density at radius 2 is 2.10 bits per heavy atom. The predicted octanol–water partition coefficient (Wildman–Crippen LogP) is 2.67. The number of nitrogens with zero attached hydrogens (tertiary/aromatic N) is 5. The molecule has 0 aliphatic rings. The van der Waals surface area contributed by atoms with Gasteiger partial charge in [0.2, 0.25) is 0 Å². The summed E-state index contributed by atoms with van der Waals surface area (Å²) in [6.07, 6.45) is 6.74. The first-order chi connectivity index (χ1) is 14.1. The van der Waals surface area contributed by atoms with Crippen LogP contribution in [0.5, 0.6) is 0 Å². The maximum atomic E-state index is 12.7. The summed E-state index contributed by atoms with van der Waals surface area (Å²) in [5, 5.41) is 8.07. The molecule has 1 aromatic carbocycles. The summed E-state index contributed by atoms with van der Waals surface area (Å²) in [5.74, 6) is 0.0157.